The van der Waals surface area contributed by atoms with Gasteiger partial charge in [-0.1, -0.05) is 269 Å². The van der Waals surface area contributed by atoms with Crippen LogP contribution >= 0.6 is 0 Å². The molecule has 0 aromatic rings. The van der Waals surface area contributed by atoms with Crippen LogP contribution in [-0.4, -0.2) is 47.4 Å². The van der Waals surface area contributed by atoms with Crippen LogP contribution in [0.25, 0.3) is 0 Å². The summed E-state index contributed by atoms with van der Waals surface area (Å²) in [6.07, 6.45) is 73.2. The lowest BCUT2D eigenvalue weighted by atomic mass is 10.0. The summed E-state index contributed by atoms with van der Waals surface area (Å²) in [5.41, 5.74) is 0. The molecule has 0 saturated heterocycles. The topological polar surface area (TPSA) is 95.9 Å². The van der Waals surface area contributed by atoms with Gasteiger partial charge in [0, 0.05) is 12.8 Å². The fraction of sp³-hybridized carbons (Fsp3) is 0.873. The van der Waals surface area contributed by atoms with Gasteiger partial charge in [0.15, 0.2) is 0 Å². The molecular weight excluding hydrogens is 851 g/mol. The van der Waals surface area contributed by atoms with Crippen LogP contribution in [0.4, 0.5) is 0 Å². The Labute approximate surface area is 430 Å². The molecule has 0 saturated carbocycles. The van der Waals surface area contributed by atoms with E-state index in [1.165, 1.54) is 250 Å². The lowest BCUT2D eigenvalue weighted by Crippen LogP contribution is -2.45. The Kier molecular flexibility index (Phi) is 57.0. The van der Waals surface area contributed by atoms with Crippen molar-refractivity contribution in [3.8, 4) is 0 Å². The molecule has 0 bridgehead atoms. The Morgan fingerprint density at radius 3 is 1.03 bits per heavy atom. The zero-order valence-electron chi connectivity index (χ0n) is 46.3. The molecule has 0 heterocycles. The van der Waals surface area contributed by atoms with E-state index >= 15 is 0 Å². The summed E-state index contributed by atoms with van der Waals surface area (Å²) in [4.78, 5) is 24.5. The maximum Gasteiger partial charge on any atom is 0.305 e. The summed E-state index contributed by atoms with van der Waals surface area (Å²) in [5, 5.41) is 23.2. The number of carbonyl (C=O) groups is 2. The molecule has 0 aliphatic heterocycles. The van der Waals surface area contributed by atoms with Gasteiger partial charge in [-0.05, 0) is 83.5 Å². The molecule has 0 spiro atoms. The third-order valence-electron chi connectivity index (χ3n) is 14.1. The maximum absolute atomic E-state index is 12.5. The van der Waals surface area contributed by atoms with Gasteiger partial charge in [-0.2, -0.15) is 0 Å². The minimum atomic E-state index is -0.851. The van der Waals surface area contributed by atoms with Crippen molar-refractivity contribution in [1.29, 1.82) is 0 Å². The summed E-state index contributed by atoms with van der Waals surface area (Å²) < 4.78 is 5.47. The quantitative estimate of drug-likeness (QED) is 0.0321. The van der Waals surface area contributed by atoms with E-state index < -0.39 is 12.1 Å². The second-order valence-corrected chi connectivity index (χ2v) is 21.0. The highest BCUT2D eigenvalue weighted by Crippen LogP contribution is 2.17. The Morgan fingerprint density at radius 1 is 0.391 bits per heavy atom. The molecular formula is C63H119NO5. The highest BCUT2D eigenvalue weighted by Gasteiger charge is 2.18. The van der Waals surface area contributed by atoms with Crippen LogP contribution in [0.15, 0.2) is 36.5 Å². The van der Waals surface area contributed by atoms with Crippen LogP contribution in [0.3, 0.4) is 0 Å². The first-order valence-corrected chi connectivity index (χ1v) is 30.8. The van der Waals surface area contributed by atoms with Crippen molar-refractivity contribution in [2.45, 2.75) is 341 Å². The lowest BCUT2D eigenvalue weighted by Gasteiger charge is -2.20. The lowest BCUT2D eigenvalue weighted by molar-refractivity contribution is -0.143. The number of hydrogen-bond donors (Lipinski definition) is 3. The number of esters is 1. The van der Waals surface area contributed by atoms with Crippen molar-refractivity contribution in [2.75, 3.05) is 13.2 Å². The number of aliphatic hydroxyl groups is 2. The number of nitrogens with one attached hydrogen (secondary N) is 1. The highest BCUT2D eigenvalue weighted by atomic mass is 16.5. The number of aliphatic hydroxyl groups excluding tert-OH is 2. The van der Waals surface area contributed by atoms with Gasteiger partial charge in [0.25, 0.3) is 0 Å². The van der Waals surface area contributed by atoms with E-state index in [1.54, 1.807) is 6.08 Å². The number of carbonyl (C=O) groups excluding carboxylic acids is 2. The van der Waals surface area contributed by atoms with E-state index in [-0.39, 0.29) is 18.5 Å². The Hall–Kier alpha value is -1.92. The number of hydrogen-bond acceptors (Lipinski definition) is 5. The standard InChI is InChI=1S/C63H119NO5/c1-3-5-7-9-11-13-15-17-19-20-24-28-31-35-39-43-47-51-55-61(66)60(59-65)64-62(67)56-52-48-44-40-36-32-29-25-22-21-23-26-30-34-38-42-46-50-54-58-69-63(68)57-53-49-45-41-37-33-27-18-16-14-12-10-8-6-4-2/h18,21-22,27,51,55,60-61,65-66H,3-17,19-20,23-26,28-50,52-54,56-59H2,1-2H3,(H,64,67)/b22-21-,27-18-,55-51+. The van der Waals surface area contributed by atoms with Gasteiger partial charge in [0.1, 0.15) is 0 Å². The predicted molar refractivity (Wildman–Crippen MR) is 301 cm³/mol. The predicted octanol–water partition coefficient (Wildman–Crippen LogP) is 19.2. The Balaban J connectivity index is 3.47. The minimum Gasteiger partial charge on any atom is -0.466 e. The van der Waals surface area contributed by atoms with E-state index in [9.17, 15) is 19.8 Å². The number of rotatable bonds is 57. The monoisotopic (exact) mass is 970 g/mol. The van der Waals surface area contributed by atoms with E-state index in [1.807, 2.05) is 6.08 Å². The molecule has 0 aromatic heterocycles. The van der Waals surface area contributed by atoms with Crippen LogP contribution in [0.2, 0.25) is 0 Å². The Morgan fingerprint density at radius 2 is 0.681 bits per heavy atom. The van der Waals surface area contributed by atoms with Gasteiger partial charge in [0.2, 0.25) is 5.91 Å². The average Bonchev–Trinajstić information content (AvgIpc) is 3.35. The molecule has 1 amide bonds. The fourth-order valence-corrected chi connectivity index (χ4v) is 9.39. The van der Waals surface area contributed by atoms with E-state index in [0.29, 0.717) is 19.4 Å². The first kappa shape index (κ1) is 67.1. The third kappa shape index (κ3) is 55.2. The van der Waals surface area contributed by atoms with Gasteiger partial charge in [0.05, 0.1) is 25.4 Å². The normalized spacial score (nSPS) is 12.8. The molecule has 6 heteroatoms. The van der Waals surface area contributed by atoms with Crippen LogP contribution in [0, 0.1) is 0 Å². The summed E-state index contributed by atoms with van der Waals surface area (Å²) in [7, 11) is 0. The summed E-state index contributed by atoms with van der Waals surface area (Å²) >= 11 is 0. The fourth-order valence-electron chi connectivity index (χ4n) is 9.39. The molecule has 0 fully saturated rings. The van der Waals surface area contributed by atoms with Crippen molar-refractivity contribution < 1.29 is 24.5 Å². The number of amides is 1. The second-order valence-electron chi connectivity index (χ2n) is 21.0. The number of ether oxygens (including phenoxy) is 1. The summed E-state index contributed by atoms with van der Waals surface area (Å²) in [5.74, 6) is -0.0807. The molecule has 0 rings (SSSR count). The van der Waals surface area contributed by atoms with Crippen LogP contribution in [-0.2, 0) is 14.3 Å². The minimum absolute atomic E-state index is 0.00466. The molecule has 0 aromatic carbocycles. The zero-order valence-corrected chi connectivity index (χ0v) is 46.3. The van der Waals surface area contributed by atoms with E-state index in [4.69, 9.17) is 4.74 Å². The second kappa shape index (κ2) is 58.6. The first-order chi connectivity index (χ1) is 34.0. The number of allylic oxidation sites excluding steroid dienone is 5. The summed E-state index contributed by atoms with van der Waals surface area (Å²) in [6, 6.07) is -0.636. The molecule has 2 atom stereocenters. The largest absolute Gasteiger partial charge is 0.466 e. The van der Waals surface area contributed by atoms with Crippen molar-refractivity contribution in [3.63, 3.8) is 0 Å². The van der Waals surface area contributed by atoms with Crippen molar-refractivity contribution in [1.82, 2.24) is 5.32 Å². The molecule has 0 radical (unpaired) electrons. The zero-order chi connectivity index (χ0) is 50.0. The molecule has 0 aliphatic carbocycles. The van der Waals surface area contributed by atoms with Gasteiger partial charge in [-0.15, -0.1) is 0 Å². The van der Waals surface area contributed by atoms with Crippen LogP contribution < -0.4 is 5.32 Å². The molecule has 3 N–H and O–H groups in total. The average molecular weight is 971 g/mol. The summed E-state index contributed by atoms with van der Waals surface area (Å²) in [6.45, 7) is 4.90. The smallest absolute Gasteiger partial charge is 0.305 e. The van der Waals surface area contributed by atoms with Crippen LogP contribution in [0.1, 0.15) is 328 Å². The SMILES string of the molecule is CCCCCCCC/C=C\CCCCCCCC(=O)OCCCCCCCCCC/C=C\CCCCCCCCCC(=O)NC(CO)C(O)/C=C/CCCCCCCCCCCCCCCCCC. The van der Waals surface area contributed by atoms with Crippen LogP contribution in [0.5, 0.6) is 0 Å². The molecule has 2 unspecified atom stereocenters. The van der Waals surface area contributed by atoms with E-state index in [2.05, 4.69) is 43.5 Å². The number of unbranched alkanes of at least 4 members (excludes halogenated alkanes) is 42. The van der Waals surface area contributed by atoms with Gasteiger partial charge in [-0.3, -0.25) is 9.59 Å². The molecule has 69 heavy (non-hydrogen) atoms. The van der Waals surface area contributed by atoms with Gasteiger partial charge < -0.3 is 20.3 Å². The van der Waals surface area contributed by atoms with E-state index in [0.717, 1.165) is 51.4 Å². The molecule has 6 nitrogen and oxygen atoms in total. The van der Waals surface area contributed by atoms with Crippen molar-refractivity contribution in [2.24, 2.45) is 0 Å². The molecule has 0 aliphatic rings. The third-order valence-corrected chi connectivity index (χ3v) is 14.1. The maximum atomic E-state index is 12.5. The van der Waals surface area contributed by atoms with Gasteiger partial charge >= 0.3 is 5.97 Å². The van der Waals surface area contributed by atoms with Gasteiger partial charge in [-0.25, -0.2) is 0 Å². The first-order valence-electron chi connectivity index (χ1n) is 30.8. The molecule has 406 valence electrons. The highest BCUT2D eigenvalue weighted by molar-refractivity contribution is 5.76. The van der Waals surface area contributed by atoms with Crippen molar-refractivity contribution in [3.05, 3.63) is 36.5 Å². The Bertz CT molecular complexity index is 1120. The van der Waals surface area contributed by atoms with Crippen molar-refractivity contribution >= 4 is 11.9 Å².